The van der Waals surface area contributed by atoms with Gasteiger partial charge in [-0.05, 0) is 31.5 Å². The summed E-state index contributed by atoms with van der Waals surface area (Å²) in [6.07, 6.45) is 0. The summed E-state index contributed by atoms with van der Waals surface area (Å²) in [5.74, 6) is -2.62. The van der Waals surface area contributed by atoms with Gasteiger partial charge >= 0.3 is 12.0 Å². The van der Waals surface area contributed by atoms with Gasteiger partial charge in [0.15, 0.2) is 11.6 Å². The van der Waals surface area contributed by atoms with Gasteiger partial charge in [0.25, 0.3) is 0 Å². The zero-order valence-corrected chi connectivity index (χ0v) is 13.4. The van der Waals surface area contributed by atoms with E-state index < -0.39 is 23.6 Å². The number of ether oxygens (including phenoxy) is 1. The summed E-state index contributed by atoms with van der Waals surface area (Å²) in [5.41, 5.74) is 0.944. The van der Waals surface area contributed by atoms with Gasteiger partial charge in [-0.1, -0.05) is 6.07 Å². The van der Waals surface area contributed by atoms with Crippen LogP contribution in [0.4, 0.5) is 13.6 Å². The first-order valence-electron chi connectivity index (χ1n) is 7.12. The molecule has 0 saturated heterocycles. The smallest absolute Gasteiger partial charge is 0.338 e. The highest BCUT2D eigenvalue weighted by molar-refractivity contribution is 5.94. The fourth-order valence-electron chi connectivity index (χ4n) is 2.60. The molecule has 0 N–H and O–H groups in total. The van der Waals surface area contributed by atoms with E-state index in [2.05, 4.69) is 0 Å². The number of benzene rings is 1. The number of halogens is 2. The second kappa shape index (κ2) is 6.36. The fourth-order valence-corrected chi connectivity index (χ4v) is 2.60. The predicted molar refractivity (Wildman–Crippen MR) is 79.4 cm³/mol. The molecule has 1 aliphatic heterocycles. The third-order valence-corrected chi connectivity index (χ3v) is 3.90. The highest BCUT2D eigenvalue weighted by Crippen LogP contribution is 2.36. The molecule has 1 aromatic rings. The first kappa shape index (κ1) is 16.9. The number of hydrogen-bond donors (Lipinski definition) is 0. The first-order valence-corrected chi connectivity index (χ1v) is 7.12. The Bertz CT molecular complexity index is 688. The molecule has 1 heterocycles. The summed E-state index contributed by atoms with van der Waals surface area (Å²) < 4.78 is 31.8. The van der Waals surface area contributed by atoms with Gasteiger partial charge in [-0.25, -0.2) is 18.4 Å². The summed E-state index contributed by atoms with van der Waals surface area (Å²) in [5, 5.41) is 0. The molecule has 1 aromatic carbocycles. The SMILES string of the molecule is CCOC(=O)C1=C(C)N(C)C(=O)N(C)[C@H]1c1ccc(F)c(F)c1. The predicted octanol–water partition coefficient (Wildman–Crippen LogP) is 2.84. The molecule has 0 spiro atoms. The fraction of sp³-hybridized carbons (Fsp3) is 0.375. The highest BCUT2D eigenvalue weighted by Gasteiger charge is 2.39. The number of rotatable bonds is 3. The number of hydrogen-bond acceptors (Lipinski definition) is 3. The van der Waals surface area contributed by atoms with E-state index in [1.807, 2.05) is 0 Å². The minimum Gasteiger partial charge on any atom is -0.463 e. The van der Waals surface area contributed by atoms with Crippen molar-refractivity contribution in [1.29, 1.82) is 0 Å². The Kier molecular flexibility index (Phi) is 4.68. The van der Waals surface area contributed by atoms with E-state index in [0.717, 1.165) is 12.1 Å². The molecule has 0 fully saturated rings. The summed E-state index contributed by atoms with van der Waals surface area (Å²) >= 11 is 0. The molecule has 5 nitrogen and oxygen atoms in total. The van der Waals surface area contributed by atoms with Crippen LogP contribution in [0.15, 0.2) is 29.5 Å². The normalized spacial score (nSPS) is 18.5. The molecule has 0 radical (unpaired) electrons. The van der Waals surface area contributed by atoms with E-state index in [1.54, 1.807) is 13.8 Å². The summed E-state index contributed by atoms with van der Waals surface area (Å²) in [6, 6.07) is 2.12. The van der Waals surface area contributed by atoms with Gasteiger partial charge in [-0.15, -0.1) is 0 Å². The summed E-state index contributed by atoms with van der Waals surface area (Å²) in [7, 11) is 3.03. The number of carbonyl (C=O) groups is 2. The highest BCUT2D eigenvalue weighted by atomic mass is 19.2. The van der Waals surface area contributed by atoms with Gasteiger partial charge in [-0.3, -0.25) is 0 Å². The Labute approximate surface area is 133 Å². The van der Waals surface area contributed by atoms with E-state index in [0.29, 0.717) is 11.3 Å². The minimum absolute atomic E-state index is 0.168. The van der Waals surface area contributed by atoms with Crippen molar-refractivity contribution in [3.8, 4) is 0 Å². The number of likely N-dealkylation sites (N-methyl/N-ethyl adjacent to an activating group) is 1. The molecular formula is C16H18F2N2O3. The Hall–Kier alpha value is -2.44. The third kappa shape index (κ3) is 2.91. The molecule has 7 heteroatoms. The van der Waals surface area contributed by atoms with Gasteiger partial charge in [0, 0.05) is 19.8 Å². The van der Waals surface area contributed by atoms with Crippen molar-refractivity contribution >= 4 is 12.0 Å². The van der Waals surface area contributed by atoms with Gasteiger partial charge in [0.05, 0.1) is 18.2 Å². The number of urea groups is 1. The molecule has 124 valence electrons. The molecule has 1 aliphatic rings. The lowest BCUT2D eigenvalue weighted by molar-refractivity contribution is -0.139. The van der Waals surface area contributed by atoms with Crippen LogP contribution in [0.5, 0.6) is 0 Å². The molecule has 2 amide bonds. The van der Waals surface area contributed by atoms with E-state index in [-0.39, 0.29) is 18.2 Å². The van der Waals surface area contributed by atoms with Crippen LogP contribution in [0.3, 0.4) is 0 Å². The van der Waals surface area contributed by atoms with Crippen LogP contribution in [0.1, 0.15) is 25.5 Å². The third-order valence-electron chi connectivity index (χ3n) is 3.90. The lowest BCUT2D eigenvalue weighted by Gasteiger charge is -2.39. The standard InChI is InChI=1S/C16H18F2N2O3/c1-5-23-15(21)13-9(2)19(3)16(22)20(4)14(13)10-6-7-11(17)12(18)8-10/h6-8,14H,5H2,1-4H3/t14-/m0/s1. The lowest BCUT2D eigenvalue weighted by Crippen LogP contribution is -2.47. The van der Waals surface area contributed by atoms with Gasteiger partial charge < -0.3 is 14.5 Å². The van der Waals surface area contributed by atoms with Crippen LogP contribution < -0.4 is 0 Å². The number of allylic oxidation sites excluding steroid dienone is 1. The zero-order chi connectivity index (χ0) is 17.3. The molecule has 0 aliphatic carbocycles. The van der Waals surface area contributed by atoms with Crippen molar-refractivity contribution < 1.29 is 23.1 Å². The largest absolute Gasteiger partial charge is 0.463 e. The maximum absolute atomic E-state index is 13.6. The van der Waals surface area contributed by atoms with Gasteiger partial charge in [-0.2, -0.15) is 0 Å². The lowest BCUT2D eigenvalue weighted by atomic mass is 9.93. The number of esters is 1. The molecule has 0 unspecified atom stereocenters. The average Bonchev–Trinajstić information content (AvgIpc) is 2.51. The van der Waals surface area contributed by atoms with Crippen molar-refractivity contribution in [1.82, 2.24) is 9.80 Å². The molecule has 1 atom stereocenters. The van der Waals surface area contributed by atoms with Crippen LogP contribution in [0, 0.1) is 11.6 Å². The van der Waals surface area contributed by atoms with Crippen LogP contribution in [-0.4, -0.2) is 42.5 Å². The van der Waals surface area contributed by atoms with E-state index in [9.17, 15) is 18.4 Å². The first-order chi connectivity index (χ1) is 10.8. The molecule has 0 bridgehead atoms. The number of carbonyl (C=O) groups excluding carboxylic acids is 2. The molecule has 0 aromatic heterocycles. The van der Waals surface area contributed by atoms with E-state index in [1.165, 1.54) is 30.0 Å². The second-order valence-corrected chi connectivity index (χ2v) is 5.25. The Balaban J connectivity index is 2.61. The van der Waals surface area contributed by atoms with Crippen LogP contribution >= 0.6 is 0 Å². The van der Waals surface area contributed by atoms with Crippen molar-refractivity contribution in [3.63, 3.8) is 0 Å². The van der Waals surface area contributed by atoms with E-state index >= 15 is 0 Å². The number of amides is 2. The van der Waals surface area contributed by atoms with Gasteiger partial charge in [0.2, 0.25) is 0 Å². The summed E-state index contributed by atoms with van der Waals surface area (Å²) in [6.45, 7) is 3.45. The maximum Gasteiger partial charge on any atom is 0.338 e. The number of nitrogens with zero attached hydrogens (tertiary/aromatic N) is 2. The molecule has 0 saturated carbocycles. The Morgan fingerprint density at radius 3 is 2.48 bits per heavy atom. The van der Waals surface area contributed by atoms with Crippen molar-refractivity contribution in [3.05, 3.63) is 46.7 Å². The van der Waals surface area contributed by atoms with Crippen molar-refractivity contribution in [2.24, 2.45) is 0 Å². The van der Waals surface area contributed by atoms with E-state index in [4.69, 9.17) is 4.74 Å². The molecular weight excluding hydrogens is 306 g/mol. The van der Waals surface area contributed by atoms with Crippen LogP contribution in [-0.2, 0) is 9.53 Å². The second-order valence-electron chi connectivity index (χ2n) is 5.25. The van der Waals surface area contributed by atoms with Crippen LogP contribution in [0.25, 0.3) is 0 Å². The average molecular weight is 324 g/mol. The quantitative estimate of drug-likeness (QED) is 0.803. The van der Waals surface area contributed by atoms with Gasteiger partial charge in [0.1, 0.15) is 0 Å². The Morgan fingerprint density at radius 1 is 1.26 bits per heavy atom. The molecule has 23 heavy (non-hydrogen) atoms. The van der Waals surface area contributed by atoms with Crippen LogP contribution in [0.2, 0.25) is 0 Å². The zero-order valence-electron chi connectivity index (χ0n) is 13.4. The minimum atomic E-state index is -1.04. The monoisotopic (exact) mass is 324 g/mol. The van der Waals surface area contributed by atoms with Crippen molar-refractivity contribution in [2.75, 3.05) is 20.7 Å². The molecule has 2 rings (SSSR count). The summed E-state index contributed by atoms with van der Waals surface area (Å²) in [4.78, 5) is 27.2. The maximum atomic E-state index is 13.6. The topological polar surface area (TPSA) is 49.9 Å². The van der Waals surface area contributed by atoms with Crippen molar-refractivity contribution in [2.45, 2.75) is 19.9 Å². The Morgan fingerprint density at radius 2 is 1.91 bits per heavy atom.